The quantitative estimate of drug-likeness (QED) is 0.785. The predicted octanol–water partition coefficient (Wildman–Crippen LogP) is 3.29. The molecule has 1 N–H and O–H groups in total. The third-order valence-corrected chi connectivity index (χ3v) is 3.56. The van der Waals surface area contributed by atoms with Crippen molar-refractivity contribution in [2.45, 2.75) is 6.54 Å². The maximum absolute atomic E-state index is 12.0. The monoisotopic (exact) mass is 347 g/mol. The van der Waals surface area contributed by atoms with E-state index in [1.807, 2.05) is 12.1 Å². The van der Waals surface area contributed by atoms with Crippen LogP contribution in [-0.2, 0) is 11.3 Å². The lowest BCUT2D eigenvalue weighted by atomic mass is 10.2. The van der Waals surface area contributed by atoms with Crippen molar-refractivity contribution < 1.29 is 4.79 Å². The molecule has 0 atom stereocenters. The molecule has 2 aromatic carbocycles. The van der Waals surface area contributed by atoms with Crippen molar-refractivity contribution in [1.29, 1.82) is 0 Å². The van der Waals surface area contributed by atoms with Gasteiger partial charge < -0.3 is 5.32 Å². The van der Waals surface area contributed by atoms with Crippen LogP contribution in [0.4, 0.5) is 5.69 Å². The minimum Gasteiger partial charge on any atom is -0.324 e. The van der Waals surface area contributed by atoms with E-state index in [1.165, 1.54) is 4.80 Å². The number of amides is 1. The van der Waals surface area contributed by atoms with Gasteiger partial charge in [-0.2, -0.15) is 4.80 Å². The number of benzene rings is 2. The summed E-state index contributed by atoms with van der Waals surface area (Å²) in [4.78, 5) is 13.2. The van der Waals surface area contributed by atoms with E-state index in [9.17, 15) is 4.79 Å². The van der Waals surface area contributed by atoms with Crippen molar-refractivity contribution in [3.8, 4) is 11.4 Å². The fraction of sp³-hybridized carbons (Fsp3) is 0.0667. The lowest BCUT2D eigenvalue weighted by Gasteiger charge is -2.04. The Morgan fingerprint density at radius 1 is 1.09 bits per heavy atom. The molecule has 0 saturated carbocycles. The lowest BCUT2D eigenvalue weighted by Crippen LogP contribution is -2.20. The number of rotatable bonds is 4. The van der Waals surface area contributed by atoms with Crippen molar-refractivity contribution in [2.75, 3.05) is 5.32 Å². The number of nitrogens with zero attached hydrogens (tertiary/aromatic N) is 4. The van der Waals surface area contributed by atoms with E-state index in [0.29, 0.717) is 27.1 Å². The van der Waals surface area contributed by atoms with E-state index in [4.69, 9.17) is 23.2 Å². The minimum absolute atomic E-state index is 0.0555. The molecular weight excluding hydrogens is 337 g/mol. The number of aromatic nitrogens is 4. The summed E-state index contributed by atoms with van der Waals surface area (Å²) in [5.74, 6) is 0.102. The molecule has 1 heterocycles. The second kappa shape index (κ2) is 6.76. The number of halogens is 2. The topological polar surface area (TPSA) is 72.7 Å². The molecule has 6 nitrogen and oxygen atoms in total. The van der Waals surface area contributed by atoms with Crippen molar-refractivity contribution in [2.24, 2.45) is 0 Å². The zero-order valence-electron chi connectivity index (χ0n) is 11.8. The van der Waals surface area contributed by atoms with Crippen LogP contribution in [0.3, 0.4) is 0 Å². The van der Waals surface area contributed by atoms with E-state index in [2.05, 4.69) is 20.7 Å². The Morgan fingerprint density at radius 3 is 2.57 bits per heavy atom. The first kappa shape index (κ1) is 15.5. The van der Waals surface area contributed by atoms with Gasteiger partial charge in [-0.15, -0.1) is 10.2 Å². The maximum atomic E-state index is 12.0. The van der Waals surface area contributed by atoms with Crippen molar-refractivity contribution >= 4 is 34.8 Å². The first-order valence-corrected chi connectivity index (χ1v) is 7.45. The molecule has 0 aliphatic rings. The SMILES string of the molecule is O=C(Cn1nnc(-c2ccccc2Cl)n1)Nc1ccc(Cl)cc1. The summed E-state index contributed by atoms with van der Waals surface area (Å²) in [5.41, 5.74) is 1.31. The molecule has 3 aromatic rings. The summed E-state index contributed by atoms with van der Waals surface area (Å²) in [6, 6.07) is 14.0. The van der Waals surface area contributed by atoms with Gasteiger partial charge in [0.15, 0.2) is 0 Å². The average molecular weight is 348 g/mol. The first-order valence-electron chi connectivity index (χ1n) is 6.70. The lowest BCUT2D eigenvalue weighted by molar-refractivity contribution is -0.117. The highest BCUT2D eigenvalue weighted by atomic mass is 35.5. The molecule has 0 saturated heterocycles. The van der Waals surface area contributed by atoms with E-state index in [0.717, 1.165) is 0 Å². The standard InChI is InChI=1S/C15H11Cl2N5O/c16-10-5-7-11(8-6-10)18-14(23)9-22-20-15(19-21-22)12-3-1-2-4-13(12)17/h1-8H,9H2,(H,18,23). The summed E-state index contributed by atoms with van der Waals surface area (Å²) in [7, 11) is 0. The number of carbonyl (C=O) groups excluding carboxylic acids is 1. The summed E-state index contributed by atoms with van der Waals surface area (Å²) in [5, 5.41) is 15.8. The van der Waals surface area contributed by atoms with Crippen LogP contribution in [0.5, 0.6) is 0 Å². The fourth-order valence-corrected chi connectivity index (χ4v) is 2.27. The Balaban J connectivity index is 1.68. The first-order chi connectivity index (χ1) is 11.1. The Morgan fingerprint density at radius 2 is 1.83 bits per heavy atom. The van der Waals surface area contributed by atoms with Gasteiger partial charge in [0, 0.05) is 16.3 Å². The zero-order valence-corrected chi connectivity index (χ0v) is 13.3. The van der Waals surface area contributed by atoms with Gasteiger partial charge in [0.1, 0.15) is 6.54 Å². The maximum Gasteiger partial charge on any atom is 0.248 e. The van der Waals surface area contributed by atoms with Crippen molar-refractivity contribution in [3.05, 3.63) is 58.6 Å². The highest BCUT2D eigenvalue weighted by Gasteiger charge is 2.11. The van der Waals surface area contributed by atoms with Gasteiger partial charge in [0.2, 0.25) is 11.7 Å². The number of anilines is 1. The summed E-state index contributed by atoms with van der Waals surface area (Å²) >= 11 is 11.9. The van der Waals surface area contributed by atoms with Gasteiger partial charge >= 0.3 is 0 Å². The molecule has 0 spiro atoms. The normalized spacial score (nSPS) is 10.5. The zero-order chi connectivity index (χ0) is 16.2. The highest BCUT2D eigenvalue weighted by Crippen LogP contribution is 2.23. The molecule has 0 aliphatic carbocycles. The molecule has 0 radical (unpaired) electrons. The molecule has 3 rings (SSSR count). The van der Waals surface area contributed by atoms with Gasteiger partial charge in [0.25, 0.3) is 0 Å². The Kier molecular flexibility index (Phi) is 4.55. The second-order valence-corrected chi connectivity index (χ2v) is 5.52. The van der Waals surface area contributed by atoms with Gasteiger partial charge in [0.05, 0.1) is 5.02 Å². The van der Waals surface area contributed by atoms with Crippen LogP contribution in [0.2, 0.25) is 10.0 Å². The van der Waals surface area contributed by atoms with Gasteiger partial charge in [-0.05, 0) is 41.6 Å². The van der Waals surface area contributed by atoms with Crippen LogP contribution in [0.1, 0.15) is 0 Å². The molecular formula is C15H11Cl2N5O. The molecule has 1 aromatic heterocycles. The number of carbonyl (C=O) groups is 1. The number of tetrazole rings is 1. The van der Waals surface area contributed by atoms with E-state index in [1.54, 1.807) is 36.4 Å². The van der Waals surface area contributed by atoms with E-state index < -0.39 is 0 Å². The number of hydrogen-bond acceptors (Lipinski definition) is 4. The van der Waals surface area contributed by atoms with Crippen molar-refractivity contribution in [1.82, 2.24) is 20.2 Å². The van der Waals surface area contributed by atoms with Crippen LogP contribution in [-0.4, -0.2) is 26.1 Å². The molecule has 23 heavy (non-hydrogen) atoms. The highest BCUT2D eigenvalue weighted by molar-refractivity contribution is 6.33. The molecule has 0 bridgehead atoms. The largest absolute Gasteiger partial charge is 0.324 e. The number of nitrogens with one attached hydrogen (secondary N) is 1. The second-order valence-electron chi connectivity index (χ2n) is 4.68. The van der Waals surface area contributed by atoms with Crippen LogP contribution in [0, 0.1) is 0 Å². The molecule has 0 unspecified atom stereocenters. The number of hydrogen-bond donors (Lipinski definition) is 1. The predicted molar refractivity (Wildman–Crippen MR) is 88.3 cm³/mol. The molecule has 0 aliphatic heterocycles. The molecule has 8 heteroatoms. The van der Waals surface area contributed by atoms with E-state index in [-0.39, 0.29) is 12.5 Å². The van der Waals surface area contributed by atoms with Crippen LogP contribution in [0.15, 0.2) is 48.5 Å². The summed E-state index contributed by atoms with van der Waals surface area (Å²) in [6.45, 7) is -0.0555. The molecule has 1 amide bonds. The van der Waals surface area contributed by atoms with Crippen LogP contribution in [0.25, 0.3) is 11.4 Å². The van der Waals surface area contributed by atoms with Gasteiger partial charge in [-0.3, -0.25) is 4.79 Å². The van der Waals surface area contributed by atoms with Crippen LogP contribution < -0.4 is 5.32 Å². The molecule has 0 fully saturated rings. The smallest absolute Gasteiger partial charge is 0.248 e. The Hall–Kier alpha value is -2.44. The van der Waals surface area contributed by atoms with Gasteiger partial charge in [-0.25, -0.2) is 0 Å². The fourth-order valence-electron chi connectivity index (χ4n) is 1.92. The third kappa shape index (κ3) is 3.85. The Labute approximate surface area is 142 Å². The Bertz CT molecular complexity index is 832. The van der Waals surface area contributed by atoms with Crippen LogP contribution >= 0.6 is 23.2 Å². The van der Waals surface area contributed by atoms with Crippen molar-refractivity contribution in [3.63, 3.8) is 0 Å². The van der Waals surface area contributed by atoms with Gasteiger partial charge in [-0.1, -0.05) is 35.3 Å². The van der Waals surface area contributed by atoms with E-state index >= 15 is 0 Å². The average Bonchev–Trinajstić information content (AvgIpc) is 2.98. The minimum atomic E-state index is -0.268. The summed E-state index contributed by atoms with van der Waals surface area (Å²) < 4.78 is 0. The summed E-state index contributed by atoms with van der Waals surface area (Å²) in [6.07, 6.45) is 0. The molecule has 116 valence electrons. The third-order valence-electron chi connectivity index (χ3n) is 2.98.